The van der Waals surface area contributed by atoms with Gasteiger partial charge >= 0.3 is 0 Å². The molecule has 1 fully saturated rings. The molecule has 0 aromatic heterocycles. The fourth-order valence-electron chi connectivity index (χ4n) is 3.19. The summed E-state index contributed by atoms with van der Waals surface area (Å²) in [6.07, 6.45) is 0. The summed E-state index contributed by atoms with van der Waals surface area (Å²) >= 11 is 0. The van der Waals surface area contributed by atoms with Crippen molar-refractivity contribution in [3.05, 3.63) is 54.1 Å². The van der Waals surface area contributed by atoms with Crippen LogP contribution in [-0.2, 0) is 4.79 Å². The zero-order valence-electron chi connectivity index (χ0n) is 14.9. The van der Waals surface area contributed by atoms with E-state index >= 15 is 0 Å². The Morgan fingerprint density at radius 3 is 2.54 bits per heavy atom. The van der Waals surface area contributed by atoms with Gasteiger partial charge in [-0.1, -0.05) is 12.1 Å². The van der Waals surface area contributed by atoms with Crippen LogP contribution in [0.2, 0.25) is 0 Å². The molecule has 0 saturated carbocycles. The second-order valence-corrected chi connectivity index (χ2v) is 6.32. The van der Waals surface area contributed by atoms with E-state index in [1.807, 2.05) is 18.2 Å². The highest BCUT2D eigenvalue weighted by Crippen LogP contribution is 2.27. The largest absolute Gasteiger partial charge is 0.495 e. The maximum atomic E-state index is 12.3. The molecule has 3 rings (SSSR count). The molecule has 0 aliphatic carbocycles. The van der Waals surface area contributed by atoms with Crippen LogP contribution < -0.4 is 19.9 Å². The van der Waals surface area contributed by atoms with Gasteiger partial charge in [0, 0.05) is 5.69 Å². The van der Waals surface area contributed by atoms with Crippen LogP contribution in [0.4, 0.5) is 11.4 Å². The Labute approximate surface area is 153 Å². The molecule has 0 bridgehead atoms. The zero-order valence-corrected chi connectivity index (χ0v) is 14.9. The van der Waals surface area contributed by atoms with Gasteiger partial charge in [0.15, 0.2) is 6.54 Å². The number of piperazine rings is 1. The molecule has 0 unspecified atom stereocenters. The second-order valence-electron chi connectivity index (χ2n) is 6.32. The van der Waals surface area contributed by atoms with Crippen molar-refractivity contribution < 1.29 is 14.4 Å². The fraction of sp³-hybridized carbons (Fsp3) is 0.300. The molecule has 0 atom stereocenters. The lowest BCUT2D eigenvalue weighted by Gasteiger charge is -2.34. The molecule has 134 valence electrons. The molecule has 1 saturated heterocycles. The first kappa shape index (κ1) is 17.8. The first-order chi connectivity index (χ1) is 12.7. The smallest absolute Gasteiger partial charge is 0.279 e. The quantitative estimate of drug-likeness (QED) is 0.840. The molecule has 0 spiro atoms. The maximum absolute atomic E-state index is 12.3. The third kappa shape index (κ3) is 4.32. The standard InChI is InChI=1S/C20H22N4O2/c1-26-19-5-3-2-4-18(19)24-12-10-23(11-13-24)15-20(25)22-17-8-6-16(14-21)7-9-17/h2-9H,10-13,15H2,1H3,(H,22,25)/p+1. The Kier molecular flexibility index (Phi) is 5.72. The number of hydrogen-bond acceptors (Lipinski definition) is 4. The van der Waals surface area contributed by atoms with Gasteiger partial charge < -0.3 is 19.9 Å². The van der Waals surface area contributed by atoms with Crippen LogP contribution in [0.15, 0.2) is 48.5 Å². The van der Waals surface area contributed by atoms with E-state index in [1.165, 1.54) is 4.90 Å². The minimum Gasteiger partial charge on any atom is -0.495 e. The van der Waals surface area contributed by atoms with E-state index in [2.05, 4.69) is 22.4 Å². The first-order valence-electron chi connectivity index (χ1n) is 8.71. The Hall–Kier alpha value is -3.04. The van der Waals surface area contributed by atoms with Crippen molar-refractivity contribution >= 4 is 17.3 Å². The lowest BCUT2D eigenvalue weighted by molar-refractivity contribution is -0.892. The number of hydrogen-bond donors (Lipinski definition) is 2. The average Bonchev–Trinajstić information content (AvgIpc) is 2.69. The Balaban J connectivity index is 1.50. The number of benzene rings is 2. The van der Waals surface area contributed by atoms with Gasteiger partial charge in [0.1, 0.15) is 5.75 Å². The van der Waals surface area contributed by atoms with Crippen molar-refractivity contribution in [3.63, 3.8) is 0 Å². The molecule has 1 heterocycles. The third-order valence-electron chi connectivity index (χ3n) is 4.60. The Morgan fingerprint density at radius 1 is 1.19 bits per heavy atom. The van der Waals surface area contributed by atoms with Gasteiger partial charge in [-0.05, 0) is 36.4 Å². The van der Waals surface area contributed by atoms with Gasteiger partial charge in [-0.2, -0.15) is 5.26 Å². The van der Waals surface area contributed by atoms with Crippen LogP contribution in [0.5, 0.6) is 5.75 Å². The van der Waals surface area contributed by atoms with Crippen molar-refractivity contribution in [2.75, 3.05) is 50.1 Å². The van der Waals surface area contributed by atoms with Gasteiger partial charge in [0.05, 0.1) is 50.6 Å². The number of carbonyl (C=O) groups excluding carboxylic acids is 1. The SMILES string of the molecule is COc1ccccc1N1CC[NH+](CC(=O)Nc2ccc(C#N)cc2)CC1. The zero-order chi connectivity index (χ0) is 18.4. The number of para-hydroxylation sites is 2. The van der Waals surface area contributed by atoms with Crippen LogP contribution >= 0.6 is 0 Å². The molecule has 0 radical (unpaired) electrons. The highest BCUT2D eigenvalue weighted by Gasteiger charge is 2.23. The van der Waals surface area contributed by atoms with Crippen molar-refractivity contribution in [2.45, 2.75) is 0 Å². The maximum Gasteiger partial charge on any atom is 0.279 e. The number of amides is 1. The van der Waals surface area contributed by atoms with Crippen molar-refractivity contribution in [3.8, 4) is 11.8 Å². The van der Waals surface area contributed by atoms with Crippen LogP contribution in [-0.4, -0.2) is 45.7 Å². The number of nitriles is 1. The van der Waals surface area contributed by atoms with Crippen LogP contribution in [0, 0.1) is 11.3 Å². The normalized spacial score (nSPS) is 14.5. The van der Waals surface area contributed by atoms with E-state index in [4.69, 9.17) is 10.00 Å². The predicted octanol–water partition coefficient (Wildman–Crippen LogP) is 0.910. The monoisotopic (exact) mass is 351 g/mol. The summed E-state index contributed by atoms with van der Waals surface area (Å²) in [4.78, 5) is 15.8. The molecule has 6 heteroatoms. The topological polar surface area (TPSA) is 69.8 Å². The summed E-state index contributed by atoms with van der Waals surface area (Å²) in [6, 6.07) is 17.0. The molecule has 26 heavy (non-hydrogen) atoms. The van der Waals surface area contributed by atoms with Gasteiger partial charge in [-0.3, -0.25) is 4.79 Å². The van der Waals surface area contributed by atoms with Crippen molar-refractivity contribution in [1.82, 2.24) is 0 Å². The lowest BCUT2D eigenvalue weighted by atomic mass is 10.2. The molecule has 2 N–H and O–H groups in total. The number of carbonyl (C=O) groups is 1. The van der Waals surface area contributed by atoms with E-state index in [-0.39, 0.29) is 5.91 Å². The summed E-state index contributed by atoms with van der Waals surface area (Å²) in [5.41, 5.74) is 2.42. The summed E-state index contributed by atoms with van der Waals surface area (Å²) in [7, 11) is 1.69. The predicted molar refractivity (Wildman–Crippen MR) is 101 cm³/mol. The number of quaternary nitrogens is 1. The number of rotatable bonds is 5. The van der Waals surface area contributed by atoms with Crippen molar-refractivity contribution in [1.29, 1.82) is 5.26 Å². The van der Waals surface area contributed by atoms with Crippen LogP contribution in [0.25, 0.3) is 0 Å². The van der Waals surface area contributed by atoms with Crippen LogP contribution in [0.3, 0.4) is 0 Å². The fourth-order valence-corrected chi connectivity index (χ4v) is 3.19. The van der Waals surface area contributed by atoms with E-state index in [1.54, 1.807) is 31.4 Å². The summed E-state index contributed by atoms with van der Waals surface area (Å²) < 4.78 is 5.44. The van der Waals surface area contributed by atoms with Gasteiger partial charge in [0.25, 0.3) is 5.91 Å². The molecule has 2 aromatic carbocycles. The molecular formula is C20H23N4O2+. The Morgan fingerprint density at radius 2 is 1.88 bits per heavy atom. The van der Waals surface area contributed by atoms with Gasteiger partial charge in [-0.25, -0.2) is 0 Å². The number of nitrogens with zero attached hydrogens (tertiary/aromatic N) is 2. The summed E-state index contributed by atoms with van der Waals surface area (Å²) in [6.45, 7) is 4.02. The lowest BCUT2D eigenvalue weighted by Crippen LogP contribution is -3.15. The molecular weight excluding hydrogens is 328 g/mol. The number of methoxy groups -OCH3 is 1. The number of anilines is 2. The first-order valence-corrected chi connectivity index (χ1v) is 8.71. The molecule has 1 aliphatic heterocycles. The number of nitrogens with one attached hydrogen (secondary N) is 2. The van der Waals surface area contributed by atoms with Crippen molar-refractivity contribution in [2.24, 2.45) is 0 Å². The van der Waals surface area contributed by atoms with E-state index in [0.717, 1.165) is 43.3 Å². The average molecular weight is 351 g/mol. The summed E-state index contributed by atoms with van der Waals surface area (Å²) in [5, 5.41) is 11.7. The van der Waals surface area contributed by atoms with Gasteiger partial charge in [-0.15, -0.1) is 0 Å². The molecule has 1 aliphatic rings. The summed E-state index contributed by atoms with van der Waals surface area (Å²) in [5.74, 6) is 0.880. The van der Waals surface area contributed by atoms with E-state index < -0.39 is 0 Å². The highest BCUT2D eigenvalue weighted by atomic mass is 16.5. The van der Waals surface area contributed by atoms with Crippen LogP contribution in [0.1, 0.15) is 5.56 Å². The third-order valence-corrected chi connectivity index (χ3v) is 4.60. The molecule has 6 nitrogen and oxygen atoms in total. The highest BCUT2D eigenvalue weighted by molar-refractivity contribution is 5.91. The molecule has 1 amide bonds. The minimum atomic E-state index is -0.00421. The van der Waals surface area contributed by atoms with E-state index in [0.29, 0.717) is 12.1 Å². The Bertz CT molecular complexity index is 790. The van der Waals surface area contributed by atoms with E-state index in [9.17, 15) is 4.79 Å². The minimum absolute atomic E-state index is 0.00421. The van der Waals surface area contributed by atoms with Gasteiger partial charge in [0.2, 0.25) is 0 Å². The second kappa shape index (κ2) is 8.37. The number of ether oxygens (including phenoxy) is 1. The molecule has 2 aromatic rings.